The minimum Gasteiger partial charge on any atom is -0.335 e. The molecule has 1 N–H and O–H groups in total. The lowest BCUT2D eigenvalue weighted by molar-refractivity contribution is -0.138. The van der Waals surface area contributed by atoms with E-state index in [9.17, 15) is 14.4 Å². The van der Waals surface area contributed by atoms with E-state index in [1.54, 1.807) is 29.2 Å². The van der Waals surface area contributed by atoms with Crippen LogP contribution in [0.5, 0.6) is 0 Å². The van der Waals surface area contributed by atoms with Gasteiger partial charge in [-0.3, -0.25) is 14.4 Å². The fourth-order valence-electron chi connectivity index (χ4n) is 5.81. The Morgan fingerprint density at radius 1 is 0.806 bits per heavy atom. The Morgan fingerprint density at radius 3 is 1.81 bits per heavy atom. The minimum absolute atomic E-state index is 0.108. The maximum atomic E-state index is 13.9. The average Bonchev–Trinajstić information content (AvgIpc) is 2.89. The molecule has 0 heterocycles. The molecule has 3 amide bonds. The van der Waals surface area contributed by atoms with E-state index >= 15 is 0 Å². The van der Waals surface area contributed by atoms with Crippen LogP contribution in [0.15, 0.2) is 24.3 Å². The van der Waals surface area contributed by atoms with E-state index in [0.717, 1.165) is 45.3 Å². The van der Waals surface area contributed by atoms with E-state index in [0.29, 0.717) is 29.9 Å². The van der Waals surface area contributed by atoms with Crippen molar-refractivity contribution in [3.63, 3.8) is 0 Å². The van der Waals surface area contributed by atoms with Crippen LogP contribution in [0.3, 0.4) is 0 Å². The standard InChI is InChI=1S/C29H46N4O3/c1-4-31(5-2)20-21-32(29(36)24-16-18-25(19-17-24)30-23(3)34)22-28(35)33(26-12-8-6-9-13-26)27-14-10-7-11-15-27/h16-19,26-27H,4-15,20-22H2,1-3H3,(H,30,34). The van der Waals surface area contributed by atoms with E-state index in [-0.39, 0.29) is 24.3 Å². The molecule has 2 saturated carbocycles. The molecule has 0 atom stereocenters. The van der Waals surface area contributed by atoms with Crippen molar-refractivity contribution in [2.24, 2.45) is 0 Å². The Labute approximate surface area is 217 Å². The van der Waals surface area contributed by atoms with Gasteiger partial charge in [0, 0.05) is 43.3 Å². The Kier molecular flexibility index (Phi) is 11.2. The van der Waals surface area contributed by atoms with Crippen LogP contribution in [0.25, 0.3) is 0 Å². The highest BCUT2D eigenvalue weighted by Crippen LogP contribution is 2.30. The van der Waals surface area contributed by atoms with E-state index in [1.807, 2.05) is 0 Å². The van der Waals surface area contributed by atoms with Crippen LogP contribution in [-0.2, 0) is 9.59 Å². The van der Waals surface area contributed by atoms with E-state index in [4.69, 9.17) is 0 Å². The van der Waals surface area contributed by atoms with Gasteiger partial charge in [-0.2, -0.15) is 0 Å². The number of nitrogens with zero attached hydrogens (tertiary/aromatic N) is 3. The second kappa shape index (κ2) is 14.4. The summed E-state index contributed by atoms with van der Waals surface area (Å²) in [5, 5.41) is 2.74. The fraction of sp³-hybridized carbons (Fsp3) is 0.690. The van der Waals surface area contributed by atoms with Crippen molar-refractivity contribution in [3.05, 3.63) is 29.8 Å². The molecule has 0 spiro atoms. The first kappa shape index (κ1) is 28.2. The Bertz CT molecular complexity index is 823. The average molecular weight is 499 g/mol. The third-order valence-electron chi connectivity index (χ3n) is 7.87. The summed E-state index contributed by atoms with van der Waals surface area (Å²) in [6.07, 6.45) is 11.6. The number of benzene rings is 1. The number of amides is 3. The number of hydrogen-bond donors (Lipinski definition) is 1. The number of hydrogen-bond acceptors (Lipinski definition) is 4. The molecule has 7 heteroatoms. The van der Waals surface area contributed by atoms with Crippen LogP contribution in [-0.4, -0.2) is 77.2 Å². The lowest BCUT2D eigenvalue weighted by Crippen LogP contribution is -2.53. The molecular weight excluding hydrogens is 452 g/mol. The molecule has 36 heavy (non-hydrogen) atoms. The Morgan fingerprint density at radius 2 is 1.33 bits per heavy atom. The van der Waals surface area contributed by atoms with E-state index < -0.39 is 0 Å². The van der Waals surface area contributed by atoms with Gasteiger partial charge in [-0.25, -0.2) is 0 Å². The molecular formula is C29H46N4O3. The molecule has 200 valence electrons. The molecule has 0 unspecified atom stereocenters. The maximum Gasteiger partial charge on any atom is 0.254 e. The molecule has 2 aliphatic rings. The smallest absolute Gasteiger partial charge is 0.254 e. The highest BCUT2D eigenvalue weighted by atomic mass is 16.2. The monoisotopic (exact) mass is 498 g/mol. The number of likely N-dealkylation sites (N-methyl/N-ethyl adjacent to an activating group) is 1. The van der Waals surface area contributed by atoms with Crippen LogP contribution < -0.4 is 5.32 Å². The van der Waals surface area contributed by atoms with Crippen molar-refractivity contribution >= 4 is 23.4 Å². The van der Waals surface area contributed by atoms with Gasteiger partial charge in [-0.15, -0.1) is 0 Å². The predicted molar refractivity (Wildman–Crippen MR) is 145 cm³/mol. The van der Waals surface area contributed by atoms with Crippen molar-refractivity contribution in [2.45, 2.75) is 97.1 Å². The van der Waals surface area contributed by atoms with Gasteiger partial charge in [0.25, 0.3) is 5.91 Å². The summed E-state index contributed by atoms with van der Waals surface area (Å²) in [6, 6.07) is 7.59. The molecule has 0 aliphatic heterocycles. The zero-order valence-electron chi connectivity index (χ0n) is 22.6. The molecule has 1 aromatic rings. The van der Waals surface area contributed by atoms with Crippen LogP contribution in [0.1, 0.15) is 95.3 Å². The molecule has 0 radical (unpaired) electrons. The van der Waals surface area contributed by atoms with Crippen LogP contribution in [0.2, 0.25) is 0 Å². The van der Waals surface area contributed by atoms with Gasteiger partial charge in [0.2, 0.25) is 11.8 Å². The second-order valence-electron chi connectivity index (χ2n) is 10.4. The Balaban J connectivity index is 1.79. The summed E-state index contributed by atoms with van der Waals surface area (Å²) in [5.74, 6) is -0.167. The number of carbonyl (C=O) groups excluding carboxylic acids is 3. The van der Waals surface area contributed by atoms with Crippen LogP contribution in [0.4, 0.5) is 5.69 Å². The summed E-state index contributed by atoms with van der Waals surface area (Å²) >= 11 is 0. The molecule has 7 nitrogen and oxygen atoms in total. The van der Waals surface area contributed by atoms with Crippen molar-refractivity contribution in [2.75, 3.05) is 38.0 Å². The second-order valence-corrected chi connectivity index (χ2v) is 10.4. The first-order valence-electron chi connectivity index (χ1n) is 14.1. The van der Waals surface area contributed by atoms with Gasteiger partial charge >= 0.3 is 0 Å². The third-order valence-corrected chi connectivity index (χ3v) is 7.87. The van der Waals surface area contributed by atoms with Crippen molar-refractivity contribution in [1.29, 1.82) is 0 Å². The minimum atomic E-state index is -0.147. The number of nitrogens with one attached hydrogen (secondary N) is 1. The zero-order chi connectivity index (χ0) is 25.9. The van der Waals surface area contributed by atoms with Gasteiger partial charge < -0.3 is 20.0 Å². The summed E-state index contributed by atoms with van der Waals surface area (Å²) < 4.78 is 0. The molecule has 3 rings (SSSR count). The number of rotatable bonds is 11. The quantitative estimate of drug-likeness (QED) is 0.470. The lowest BCUT2D eigenvalue weighted by Gasteiger charge is -2.42. The SMILES string of the molecule is CCN(CC)CCN(CC(=O)N(C1CCCCC1)C1CCCCC1)C(=O)c1ccc(NC(C)=O)cc1. The van der Waals surface area contributed by atoms with E-state index in [1.165, 1.54) is 45.4 Å². The summed E-state index contributed by atoms with van der Waals surface area (Å²) in [7, 11) is 0. The maximum absolute atomic E-state index is 13.9. The highest BCUT2D eigenvalue weighted by Gasteiger charge is 2.34. The molecule has 0 bridgehead atoms. The first-order valence-corrected chi connectivity index (χ1v) is 14.1. The largest absolute Gasteiger partial charge is 0.335 e. The topological polar surface area (TPSA) is 73.0 Å². The van der Waals surface area contributed by atoms with Crippen molar-refractivity contribution < 1.29 is 14.4 Å². The highest BCUT2D eigenvalue weighted by molar-refractivity contribution is 5.97. The zero-order valence-corrected chi connectivity index (χ0v) is 22.6. The number of anilines is 1. The predicted octanol–water partition coefficient (Wildman–Crippen LogP) is 4.92. The fourth-order valence-corrected chi connectivity index (χ4v) is 5.81. The Hall–Kier alpha value is -2.41. The van der Waals surface area contributed by atoms with Crippen LogP contribution in [0, 0.1) is 0 Å². The summed E-state index contributed by atoms with van der Waals surface area (Å²) in [4.78, 5) is 45.1. The van der Waals surface area contributed by atoms with E-state index in [2.05, 4.69) is 29.0 Å². The van der Waals surface area contributed by atoms with Gasteiger partial charge in [-0.1, -0.05) is 52.4 Å². The summed E-state index contributed by atoms with van der Waals surface area (Å²) in [6.45, 7) is 8.91. The molecule has 0 saturated heterocycles. The van der Waals surface area contributed by atoms with Crippen molar-refractivity contribution in [1.82, 2.24) is 14.7 Å². The van der Waals surface area contributed by atoms with Crippen molar-refractivity contribution in [3.8, 4) is 0 Å². The first-order chi connectivity index (χ1) is 17.4. The van der Waals surface area contributed by atoms with Crippen LogP contribution >= 0.6 is 0 Å². The molecule has 2 aliphatic carbocycles. The lowest BCUT2D eigenvalue weighted by atomic mass is 9.88. The molecule has 0 aromatic heterocycles. The van der Waals surface area contributed by atoms with Gasteiger partial charge in [-0.05, 0) is 63.0 Å². The molecule has 1 aromatic carbocycles. The van der Waals surface area contributed by atoms with Gasteiger partial charge in [0.05, 0.1) is 0 Å². The van der Waals surface area contributed by atoms with Gasteiger partial charge in [0.15, 0.2) is 0 Å². The third kappa shape index (κ3) is 8.05. The number of carbonyl (C=O) groups is 3. The summed E-state index contributed by atoms with van der Waals surface area (Å²) in [5.41, 5.74) is 1.20. The normalized spacial score (nSPS) is 17.1. The van der Waals surface area contributed by atoms with Gasteiger partial charge in [0.1, 0.15) is 6.54 Å². The molecule has 2 fully saturated rings.